The molecular weight excluding hydrogens is 357 g/mol. The third-order valence-electron chi connectivity index (χ3n) is 4.86. The SMILES string of the molecule is CC(C)(C)c1ccc(C2=CC(c3ccc(C(C)(C)C)cc3)=[O+][B-](F)(F)O2)cc1. The second-order valence-corrected chi connectivity index (χ2v) is 9.30. The van der Waals surface area contributed by atoms with Crippen LogP contribution in [-0.2, 0) is 15.5 Å². The largest absolute Gasteiger partial charge is 0.995 e. The van der Waals surface area contributed by atoms with Crippen molar-refractivity contribution in [2.75, 3.05) is 0 Å². The second kappa shape index (κ2) is 6.87. The first-order valence-electron chi connectivity index (χ1n) is 9.54. The molecule has 0 atom stereocenters. The van der Waals surface area contributed by atoms with Gasteiger partial charge in [0.2, 0.25) is 0 Å². The number of rotatable bonds is 2. The Balaban J connectivity index is 1.96. The number of benzene rings is 2. The average molecular weight is 384 g/mol. The van der Waals surface area contributed by atoms with E-state index in [4.69, 9.17) is 9.00 Å². The van der Waals surface area contributed by atoms with Gasteiger partial charge in [-0.25, -0.2) is 0 Å². The average Bonchev–Trinajstić information content (AvgIpc) is 2.59. The predicted molar refractivity (Wildman–Crippen MR) is 112 cm³/mol. The van der Waals surface area contributed by atoms with E-state index in [1.54, 1.807) is 0 Å². The molecule has 0 bridgehead atoms. The van der Waals surface area contributed by atoms with Gasteiger partial charge in [0, 0.05) is 5.56 Å². The quantitative estimate of drug-likeness (QED) is 0.431. The van der Waals surface area contributed by atoms with Crippen molar-refractivity contribution in [3.05, 3.63) is 76.9 Å². The molecule has 0 N–H and O–H groups in total. The maximum Gasteiger partial charge on any atom is 0.995 e. The number of allylic oxidation sites excluding steroid dienone is 1. The van der Waals surface area contributed by atoms with E-state index >= 15 is 0 Å². The normalized spacial score (nSPS) is 16.9. The third kappa shape index (κ3) is 4.52. The molecule has 0 spiro atoms. The Hall–Kier alpha value is -2.43. The lowest BCUT2D eigenvalue weighted by Gasteiger charge is -2.22. The van der Waals surface area contributed by atoms with E-state index in [-0.39, 0.29) is 22.4 Å². The van der Waals surface area contributed by atoms with Crippen LogP contribution in [0.4, 0.5) is 8.63 Å². The molecule has 0 fully saturated rings. The van der Waals surface area contributed by atoms with Crippen molar-refractivity contribution in [1.82, 2.24) is 0 Å². The molecule has 5 heteroatoms. The van der Waals surface area contributed by atoms with Crippen molar-refractivity contribution < 1.29 is 17.6 Å². The number of hydrogen-bond donors (Lipinski definition) is 0. The molecule has 0 saturated carbocycles. The molecule has 1 heterocycles. The van der Waals surface area contributed by atoms with E-state index < -0.39 is 7.11 Å². The Morgan fingerprint density at radius 3 is 1.57 bits per heavy atom. The van der Waals surface area contributed by atoms with Crippen molar-refractivity contribution in [2.24, 2.45) is 0 Å². The van der Waals surface area contributed by atoms with Crippen molar-refractivity contribution in [1.29, 1.82) is 0 Å². The Labute approximate surface area is 166 Å². The molecule has 2 aromatic carbocycles. The molecule has 3 rings (SSSR count). The highest BCUT2D eigenvalue weighted by atomic mass is 19.3. The Morgan fingerprint density at radius 1 is 0.714 bits per heavy atom. The summed E-state index contributed by atoms with van der Waals surface area (Å²) >= 11 is 0. The smallest absolute Gasteiger partial charge is 0.569 e. The molecular formula is C23H27BF2O2. The summed E-state index contributed by atoms with van der Waals surface area (Å²) < 4.78 is 38.1. The van der Waals surface area contributed by atoms with Crippen LogP contribution in [0.1, 0.15) is 68.1 Å². The summed E-state index contributed by atoms with van der Waals surface area (Å²) in [6.07, 6.45) is 1.54. The highest BCUT2D eigenvalue weighted by molar-refractivity contribution is 6.52. The zero-order valence-corrected chi connectivity index (χ0v) is 17.3. The monoisotopic (exact) mass is 384 g/mol. The van der Waals surface area contributed by atoms with Crippen LogP contribution in [0.5, 0.6) is 0 Å². The van der Waals surface area contributed by atoms with Crippen LogP contribution >= 0.6 is 0 Å². The van der Waals surface area contributed by atoms with Gasteiger partial charge in [0.05, 0.1) is 17.4 Å². The lowest BCUT2D eigenvalue weighted by atomic mass is 9.86. The summed E-state index contributed by atoms with van der Waals surface area (Å²) in [4.78, 5) is 0. The van der Waals surface area contributed by atoms with Gasteiger partial charge in [0.15, 0.2) is 0 Å². The molecule has 0 radical (unpaired) electrons. The van der Waals surface area contributed by atoms with Crippen LogP contribution in [-0.4, -0.2) is 12.9 Å². The van der Waals surface area contributed by atoms with Crippen LogP contribution in [0, 0.1) is 0 Å². The Morgan fingerprint density at radius 2 is 1.14 bits per heavy atom. The summed E-state index contributed by atoms with van der Waals surface area (Å²) in [5, 5.41) is 0. The topological polar surface area (TPSA) is 20.5 Å². The van der Waals surface area contributed by atoms with Gasteiger partial charge < -0.3 is 17.6 Å². The van der Waals surface area contributed by atoms with Gasteiger partial charge in [-0.1, -0.05) is 77.9 Å². The maximum atomic E-state index is 14.2. The van der Waals surface area contributed by atoms with E-state index in [2.05, 4.69) is 41.5 Å². The number of carbonyl (C=O) groups excluding carboxylic acids is 1. The standard InChI is InChI=1S/C23H27BF2O2/c1-22(2,3)18-11-7-16(8-12-18)20-15-21(28-24(25,26)27-20)17-9-13-19(14-10-17)23(4,5)6/h7-15H,1-6H3. The lowest BCUT2D eigenvalue weighted by molar-refractivity contribution is -0.183. The molecule has 148 valence electrons. The minimum Gasteiger partial charge on any atom is -0.569 e. The van der Waals surface area contributed by atoms with E-state index in [1.807, 2.05) is 48.5 Å². The van der Waals surface area contributed by atoms with Crippen LogP contribution in [0.2, 0.25) is 0 Å². The minimum absolute atomic E-state index is 0.0105. The van der Waals surface area contributed by atoms with Crippen molar-refractivity contribution in [3.63, 3.8) is 0 Å². The van der Waals surface area contributed by atoms with Crippen LogP contribution < -0.4 is 0 Å². The minimum atomic E-state index is -4.42. The fraction of sp³-hybridized carbons (Fsp3) is 0.348. The zero-order chi connectivity index (χ0) is 20.7. The summed E-state index contributed by atoms with van der Waals surface area (Å²) in [6.45, 7) is 12.6. The van der Waals surface area contributed by atoms with Crippen LogP contribution in [0.3, 0.4) is 0 Å². The first-order chi connectivity index (χ1) is 12.9. The van der Waals surface area contributed by atoms with Gasteiger partial charge in [-0.2, -0.15) is 0 Å². The molecule has 2 aromatic rings. The molecule has 0 amide bonds. The van der Waals surface area contributed by atoms with Gasteiger partial charge in [0.25, 0.3) is 5.78 Å². The Kier molecular flexibility index (Phi) is 4.99. The molecule has 1 aliphatic heterocycles. The van der Waals surface area contributed by atoms with E-state index in [0.717, 1.165) is 11.1 Å². The van der Waals surface area contributed by atoms with Crippen LogP contribution in [0.15, 0.2) is 54.6 Å². The van der Waals surface area contributed by atoms with Crippen molar-refractivity contribution in [3.8, 4) is 0 Å². The third-order valence-corrected chi connectivity index (χ3v) is 4.86. The van der Waals surface area contributed by atoms with Gasteiger partial charge in [-0.15, -0.1) is 0 Å². The Bertz CT molecular complexity index is 913. The summed E-state index contributed by atoms with van der Waals surface area (Å²) in [7, 11) is -4.42. The van der Waals surface area contributed by atoms with Gasteiger partial charge >= 0.3 is 7.11 Å². The van der Waals surface area contributed by atoms with Gasteiger partial charge in [-0.3, -0.25) is 0 Å². The van der Waals surface area contributed by atoms with Gasteiger partial charge in [0.1, 0.15) is 0 Å². The first-order valence-corrected chi connectivity index (χ1v) is 9.54. The second-order valence-electron chi connectivity index (χ2n) is 9.30. The summed E-state index contributed by atoms with van der Waals surface area (Å²) in [6, 6.07) is 15.0. The van der Waals surface area contributed by atoms with Crippen molar-refractivity contribution in [2.45, 2.75) is 52.4 Å². The lowest BCUT2D eigenvalue weighted by Crippen LogP contribution is -2.31. The van der Waals surface area contributed by atoms with E-state index in [0.29, 0.717) is 11.1 Å². The highest BCUT2D eigenvalue weighted by Crippen LogP contribution is 2.31. The van der Waals surface area contributed by atoms with E-state index in [1.165, 1.54) is 6.08 Å². The van der Waals surface area contributed by atoms with E-state index in [9.17, 15) is 8.63 Å². The molecule has 28 heavy (non-hydrogen) atoms. The number of halogens is 2. The fourth-order valence-corrected chi connectivity index (χ4v) is 3.08. The molecule has 0 aromatic heterocycles. The molecule has 1 aliphatic rings. The molecule has 0 unspecified atom stereocenters. The number of ketones is 1. The fourth-order valence-electron chi connectivity index (χ4n) is 3.08. The predicted octanol–water partition coefficient (Wildman–Crippen LogP) is 6.45. The molecule has 0 aliphatic carbocycles. The van der Waals surface area contributed by atoms with Crippen LogP contribution in [0.25, 0.3) is 5.76 Å². The first kappa shape index (κ1) is 20.3. The number of hydrogen-bond acceptors (Lipinski definition) is 1. The summed E-state index contributed by atoms with van der Waals surface area (Å²) in [5.41, 5.74) is 3.43. The molecule has 0 saturated heterocycles. The molecule has 2 nitrogen and oxygen atoms in total. The van der Waals surface area contributed by atoms with Gasteiger partial charge in [-0.05, 0) is 34.1 Å². The zero-order valence-electron chi connectivity index (χ0n) is 17.3. The highest BCUT2D eigenvalue weighted by Gasteiger charge is 2.53. The summed E-state index contributed by atoms with van der Waals surface area (Å²) in [5.74, 6) is 0.234. The van der Waals surface area contributed by atoms with Crippen molar-refractivity contribution >= 4 is 18.6 Å². The maximum absolute atomic E-state index is 14.2.